The molecule has 4 rings (SSSR count). The molecule has 0 amide bonds. The van der Waals surface area contributed by atoms with Crippen LogP contribution in [0.1, 0.15) is 86.5 Å². The van der Waals surface area contributed by atoms with Gasteiger partial charge >= 0.3 is 20.8 Å². The zero-order valence-corrected chi connectivity index (χ0v) is 28.7. The summed E-state index contributed by atoms with van der Waals surface area (Å²) in [6, 6.07) is 0. The summed E-state index contributed by atoms with van der Waals surface area (Å²) in [7, 11) is -15.3. The molecule has 0 aromatic carbocycles. The van der Waals surface area contributed by atoms with Crippen molar-refractivity contribution < 1.29 is 52.4 Å². The van der Waals surface area contributed by atoms with Crippen LogP contribution in [0.15, 0.2) is 23.8 Å². The number of rotatable bonds is 10. The van der Waals surface area contributed by atoms with Crippen LogP contribution in [0.3, 0.4) is 0 Å². The predicted molar refractivity (Wildman–Crippen MR) is 163 cm³/mol. The van der Waals surface area contributed by atoms with Crippen molar-refractivity contribution in [3.05, 3.63) is 23.8 Å². The molecule has 0 saturated heterocycles. The van der Waals surface area contributed by atoms with Gasteiger partial charge in [-0.05, 0) is 91.8 Å². The summed E-state index contributed by atoms with van der Waals surface area (Å²) in [5.74, 6) is -0.618. The van der Waals surface area contributed by atoms with Crippen molar-refractivity contribution in [3.8, 4) is 0 Å². The third-order valence-corrected chi connectivity index (χ3v) is 14.6. The fraction of sp³-hybridized carbons (Fsp3) is 0.862. The normalized spacial score (nSPS) is 42.4. The van der Waals surface area contributed by atoms with Crippen molar-refractivity contribution in [2.45, 2.75) is 110 Å². The van der Waals surface area contributed by atoms with Crippen LogP contribution in [0, 0.1) is 45.8 Å². The monoisotopic (exact) mass is 684 g/mol. The largest absolute Gasteiger partial charge is 0.397 e. The summed E-state index contributed by atoms with van der Waals surface area (Å²) >= 11 is 0. The van der Waals surface area contributed by atoms with E-state index in [1.165, 1.54) is 0 Å². The van der Waals surface area contributed by atoms with E-state index in [0.717, 1.165) is 36.8 Å². The third kappa shape index (κ3) is 6.34. The molecule has 0 aromatic heterocycles. The summed E-state index contributed by atoms with van der Waals surface area (Å²) in [5.41, 5.74) is -0.0450. The number of fused-ring (bicyclic) bond motifs is 5. The van der Waals surface area contributed by atoms with Crippen molar-refractivity contribution in [2.75, 3.05) is 0 Å². The fourth-order valence-electron chi connectivity index (χ4n) is 9.74. The molecule has 12 atom stereocenters. The highest BCUT2D eigenvalue weighted by molar-refractivity contribution is 7.86. The van der Waals surface area contributed by atoms with E-state index >= 15 is 0 Å². The van der Waals surface area contributed by atoms with Crippen molar-refractivity contribution in [1.29, 1.82) is 0 Å². The quantitative estimate of drug-likeness (QED) is 0.187. The van der Waals surface area contributed by atoms with Crippen LogP contribution in [-0.2, 0) is 39.3 Å². The second kappa shape index (κ2) is 11.7. The fourth-order valence-corrected chi connectivity index (χ4v) is 12.0. The molecule has 0 heterocycles. The lowest BCUT2D eigenvalue weighted by Crippen LogP contribution is -2.66. The van der Waals surface area contributed by atoms with Crippen LogP contribution in [0.4, 0.5) is 0 Å². The van der Waals surface area contributed by atoms with Crippen molar-refractivity contribution in [1.82, 2.24) is 0 Å². The Morgan fingerprint density at radius 3 is 2.11 bits per heavy atom. The van der Waals surface area contributed by atoms with E-state index in [-0.39, 0.29) is 24.2 Å². The molecule has 15 heteroatoms. The molecular weight excluding hydrogens is 637 g/mol. The minimum absolute atomic E-state index is 0.0513. The maximum atomic E-state index is 13.0. The molecule has 0 spiro atoms. The Kier molecular flexibility index (Phi) is 9.52. The summed E-state index contributed by atoms with van der Waals surface area (Å²) in [6.45, 7) is 16.6. The lowest BCUT2D eigenvalue weighted by Gasteiger charge is -2.63. The van der Waals surface area contributed by atoms with Gasteiger partial charge in [0, 0.05) is 5.92 Å². The molecule has 4 aliphatic carbocycles. The number of allylic oxidation sites excluding steroid dienone is 3. The van der Waals surface area contributed by atoms with Gasteiger partial charge in [-0.15, -0.1) is 0 Å². The van der Waals surface area contributed by atoms with E-state index in [1.807, 2.05) is 13.0 Å². The zero-order valence-electron chi connectivity index (χ0n) is 26.2. The highest BCUT2D eigenvalue weighted by atomic mass is 32.3. The minimum Gasteiger partial charge on any atom is -0.390 e. The maximum absolute atomic E-state index is 13.0. The van der Waals surface area contributed by atoms with Crippen molar-refractivity contribution >= 4 is 30.9 Å². The van der Waals surface area contributed by atoms with Crippen molar-refractivity contribution in [2.24, 2.45) is 45.8 Å². The number of aliphatic hydroxyl groups excluding tert-OH is 1. The third-order valence-electron chi connectivity index (χ3n) is 12.4. The van der Waals surface area contributed by atoms with Gasteiger partial charge in [0.2, 0.25) is 0 Å². The van der Waals surface area contributed by atoms with Gasteiger partial charge in [0.1, 0.15) is 12.2 Å². The van der Waals surface area contributed by atoms with Gasteiger partial charge in [-0.2, -0.15) is 25.3 Å². The first kappa shape index (κ1) is 35.9. The summed E-state index contributed by atoms with van der Waals surface area (Å²) in [6.07, 6.45) is 0.0633. The highest BCUT2D eigenvalue weighted by Gasteiger charge is 2.69. The molecule has 0 aromatic rings. The number of hydrogen-bond acceptors (Lipinski definition) is 9. The first-order valence-electron chi connectivity index (χ1n) is 15.2. The number of aliphatic hydroxyl groups is 1. The van der Waals surface area contributed by atoms with Crippen LogP contribution in [-0.4, -0.2) is 67.6 Å². The first-order valence-corrected chi connectivity index (χ1v) is 19.4. The molecule has 4 N–H and O–H groups in total. The predicted octanol–water partition coefficient (Wildman–Crippen LogP) is 4.41. The average Bonchev–Trinajstić information content (AvgIpc) is 3.13. The molecule has 0 radical (unpaired) electrons. The van der Waals surface area contributed by atoms with Crippen LogP contribution in [0.25, 0.3) is 0 Å². The summed E-state index contributed by atoms with van der Waals surface area (Å²) < 4.78 is 112. The van der Waals surface area contributed by atoms with Gasteiger partial charge in [0.25, 0.3) is 10.1 Å². The van der Waals surface area contributed by atoms with Crippen LogP contribution >= 0.6 is 0 Å². The van der Waals surface area contributed by atoms with Crippen LogP contribution < -0.4 is 0 Å². The molecule has 0 aliphatic heterocycles. The van der Waals surface area contributed by atoms with E-state index in [9.17, 15) is 44.0 Å². The Morgan fingerprint density at radius 2 is 1.59 bits per heavy atom. The average molecular weight is 685 g/mol. The van der Waals surface area contributed by atoms with Gasteiger partial charge in [-0.1, -0.05) is 58.4 Å². The maximum Gasteiger partial charge on any atom is 0.397 e. The van der Waals surface area contributed by atoms with E-state index < -0.39 is 71.2 Å². The lowest BCUT2D eigenvalue weighted by molar-refractivity contribution is -0.149. The van der Waals surface area contributed by atoms with Crippen LogP contribution in [0.5, 0.6) is 0 Å². The molecular formula is C29H48O12S3. The number of hydrogen-bond donors (Lipinski definition) is 4. The van der Waals surface area contributed by atoms with E-state index in [4.69, 9.17) is 4.18 Å². The molecule has 0 bridgehead atoms. The second-order valence-electron chi connectivity index (χ2n) is 14.7. The van der Waals surface area contributed by atoms with Gasteiger partial charge in [0.15, 0.2) is 0 Å². The lowest BCUT2D eigenvalue weighted by atomic mass is 9.43. The van der Waals surface area contributed by atoms with E-state index in [1.54, 1.807) is 6.92 Å². The molecule has 3 saturated carbocycles. The molecule has 3 fully saturated rings. The molecule has 4 aliphatic rings. The second-order valence-corrected chi connectivity index (χ2v) is 18.4. The standard InChI is InChI=1S/C29H48O12S3/c1-16(2)17(3)8-9-18(4)19-10-12-29(7)21-14-23(42(31,32)33)24-25(30)26(41-44(37,38)39)22(40-43(34,35)36)15-27(24,5)20(21)11-13-28(19,29)6/h11,17-19,21-26,30H,1,8-10,12-15H2,2-7H3,(H,31,32,33)(H,34,35,36)(H,37,38,39)/t17?,18-,19-,21-,22+,23+,24?,25-,26-,27-,28-,29+/m1/s1. The summed E-state index contributed by atoms with van der Waals surface area (Å²) in [4.78, 5) is 0. The Hall–Kier alpha value is -0.910. The van der Waals surface area contributed by atoms with Gasteiger partial charge in [-0.3, -0.25) is 13.7 Å². The molecule has 12 nitrogen and oxygen atoms in total. The zero-order chi connectivity index (χ0) is 33.4. The Bertz CT molecular complexity index is 1500. The topological polar surface area (TPSA) is 202 Å². The van der Waals surface area contributed by atoms with E-state index in [2.05, 4.69) is 38.5 Å². The minimum atomic E-state index is -5.29. The van der Waals surface area contributed by atoms with Gasteiger partial charge in [0.05, 0.1) is 11.4 Å². The first-order chi connectivity index (χ1) is 19.9. The molecule has 2 unspecified atom stereocenters. The van der Waals surface area contributed by atoms with Crippen LogP contribution in [0.2, 0.25) is 0 Å². The van der Waals surface area contributed by atoms with Gasteiger partial charge in [-0.25, -0.2) is 8.37 Å². The Morgan fingerprint density at radius 1 is 1.00 bits per heavy atom. The van der Waals surface area contributed by atoms with E-state index in [0.29, 0.717) is 24.2 Å². The molecule has 254 valence electrons. The Labute approximate surface area is 262 Å². The Balaban J connectivity index is 1.80. The highest BCUT2D eigenvalue weighted by Crippen LogP contribution is 2.72. The van der Waals surface area contributed by atoms with Crippen molar-refractivity contribution in [3.63, 3.8) is 0 Å². The SMILES string of the molecule is C=C(C)C(C)CC[C@@H](C)[C@H]1CC[C@@]2(C)[C@@H]3C[C@H](S(=O)(=O)O)C4[C@@H](O)[C@H](OS(=O)(=O)O)[C@@H](OS(=O)(=O)O)C[C@]4(C)C3=CC[C@]12C. The molecule has 44 heavy (non-hydrogen) atoms. The summed E-state index contributed by atoms with van der Waals surface area (Å²) in [5, 5.41) is 9.92. The smallest absolute Gasteiger partial charge is 0.390 e. The van der Waals surface area contributed by atoms with Gasteiger partial charge < -0.3 is 5.11 Å².